The van der Waals surface area contributed by atoms with Gasteiger partial charge in [-0.2, -0.15) is 0 Å². The second-order valence-corrected chi connectivity index (χ2v) is 13.5. The third-order valence-corrected chi connectivity index (χ3v) is 10.5. The van der Waals surface area contributed by atoms with E-state index < -0.39 is 6.04 Å². The number of halogens is 1. The van der Waals surface area contributed by atoms with Gasteiger partial charge in [0.1, 0.15) is 6.04 Å². The minimum atomic E-state index is -0.650. The van der Waals surface area contributed by atoms with Crippen molar-refractivity contribution in [2.45, 2.75) is 82.5 Å². The average molecular weight is 620 g/mol. The maximum atomic E-state index is 14.0. The largest absolute Gasteiger partial charge is 0.344 e. The number of hydrogen-bond acceptors (Lipinski definition) is 5. The molecule has 1 saturated carbocycles. The van der Waals surface area contributed by atoms with Crippen molar-refractivity contribution in [3.8, 4) is 0 Å². The first-order valence-electron chi connectivity index (χ1n) is 16.6. The Labute approximate surface area is 266 Å². The van der Waals surface area contributed by atoms with Crippen LogP contribution >= 0.6 is 11.6 Å². The van der Waals surface area contributed by atoms with E-state index in [0.29, 0.717) is 42.9 Å². The van der Waals surface area contributed by atoms with Gasteiger partial charge < -0.3 is 20.4 Å². The van der Waals surface area contributed by atoms with Crippen LogP contribution in [-0.2, 0) is 27.3 Å². The molecule has 8 nitrogen and oxygen atoms in total. The summed E-state index contributed by atoms with van der Waals surface area (Å²) in [5.74, 6) is 0.733. The standard InChI is InChI=1S/C35H46ClN5O3/c36-28-14-12-25(13-15-28)21-31(38-33(42)22-30-29-10-5-4-9-27(29)23-37-30)35(44)40-19-17-39(18-20-40)32(26-7-2-1-3-8-26)24-41-16-6-11-34(41)43/h4-5,9-10,12-15,26,30-32,37H,1-3,6-8,11,16-24H2,(H,38,42)/t30?,31-,32?/m1/s1. The molecular weight excluding hydrogens is 574 g/mol. The summed E-state index contributed by atoms with van der Waals surface area (Å²) in [5, 5.41) is 7.20. The van der Waals surface area contributed by atoms with E-state index in [-0.39, 0.29) is 30.2 Å². The number of hydrogen-bond donors (Lipinski definition) is 2. The summed E-state index contributed by atoms with van der Waals surface area (Å²) in [6, 6.07) is 15.3. The molecule has 4 aliphatic rings. The van der Waals surface area contributed by atoms with E-state index in [1.54, 1.807) is 0 Å². The number of fused-ring (bicyclic) bond motifs is 1. The average Bonchev–Trinajstić information content (AvgIpc) is 3.66. The van der Waals surface area contributed by atoms with E-state index in [1.165, 1.54) is 37.7 Å². The fourth-order valence-corrected chi connectivity index (χ4v) is 7.88. The molecule has 2 aromatic rings. The first-order chi connectivity index (χ1) is 21.4. The molecule has 1 aliphatic carbocycles. The number of benzene rings is 2. The van der Waals surface area contributed by atoms with E-state index in [4.69, 9.17) is 11.6 Å². The molecule has 2 aromatic carbocycles. The summed E-state index contributed by atoms with van der Waals surface area (Å²) >= 11 is 6.13. The van der Waals surface area contributed by atoms with Crippen LogP contribution in [0.15, 0.2) is 48.5 Å². The number of nitrogens with zero attached hydrogens (tertiary/aromatic N) is 3. The number of likely N-dealkylation sites (tertiary alicyclic amines) is 1. The third kappa shape index (κ3) is 7.47. The van der Waals surface area contributed by atoms with E-state index in [2.05, 4.69) is 32.6 Å². The minimum Gasteiger partial charge on any atom is -0.344 e. The molecule has 236 valence electrons. The van der Waals surface area contributed by atoms with Crippen LogP contribution < -0.4 is 10.6 Å². The van der Waals surface area contributed by atoms with Gasteiger partial charge in [0.25, 0.3) is 0 Å². The molecule has 2 saturated heterocycles. The quantitative estimate of drug-likeness (QED) is 0.414. The smallest absolute Gasteiger partial charge is 0.245 e. The number of piperazine rings is 1. The van der Waals surface area contributed by atoms with Crippen molar-refractivity contribution in [3.63, 3.8) is 0 Å². The molecule has 0 bridgehead atoms. The van der Waals surface area contributed by atoms with Gasteiger partial charge in [0.15, 0.2) is 0 Å². The SMILES string of the molecule is O=C(CC1NCc2ccccc21)N[C@H](Cc1ccc(Cl)cc1)C(=O)N1CCN(C(CN2CCCC2=O)C2CCCCC2)CC1. The highest BCUT2D eigenvalue weighted by Crippen LogP contribution is 2.31. The Morgan fingerprint density at radius 1 is 0.932 bits per heavy atom. The Morgan fingerprint density at radius 2 is 1.68 bits per heavy atom. The summed E-state index contributed by atoms with van der Waals surface area (Å²) in [7, 11) is 0. The molecule has 0 aromatic heterocycles. The molecule has 2 unspecified atom stereocenters. The van der Waals surface area contributed by atoms with Crippen molar-refractivity contribution in [3.05, 3.63) is 70.2 Å². The fourth-order valence-electron chi connectivity index (χ4n) is 7.75. The lowest BCUT2D eigenvalue weighted by Gasteiger charge is -2.45. The Hall–Kier alpha value is -2.94. The number of nitrogens with one attached hydrogen (secondary N) is 2. The van der Waals surface area contributed by atoms with Crippen molar-refractivity contribution >= 4 is 29.3 Å². The first kappa shape index (κ1) is 31.1. The summed E-state index contributed by atoms with van der Waals surface area (Å²) in [6.45, 7) is 5.26. The molecule has 2 N–H and O–H groups in total. The van der Waals surface area contributed by atoms with E-state index >= 15 is 0 Å². The van der Waals surface area contributed by atoms with E-state index in [1.807, 2.05) is 41.3 Å². The van der Waals surface area contributed by atoms with Gasteiger partial charge in [0, 0.05) is 82.2 Å². The van der Waals surface area contributed by atoms with Crippen LogP contribution in [0.3, 0.4) is 0 Å². The van der Waals surface area contributed by atoms with E-state index in [0.717, 1.165) is 50.3 Å². The molecule has 3 amide bonds. The Balaban J connectivity index is 1.11. The lowest BCUT2D eigenvalue weighted by molar-refractivity contribution is -0.138. The van der Waals surface area contributed by atoms with Crippen molar-refractivity contribution in [2.75, 3.05) is 39.3 Å². The normalized spacial score (nSPS) is 22.6. The van der Waals surface area contributed by atoms with Gasteiger partial charge in [0.2, 0.25) is 17.7 Å². The van der Waals surface area contributed by atoms with Crippen LogP contribution in [0.2, 0.25) is 5.02 Å². The molecular formula is C35H46ClN5O3. The molecule has 3 fully saturated rings. The lowest BCUT2D eigenvalue weighted by atomic mass is 9.82. The molecule has 3 heterocycles. The zero-order chi connectivity index (χ0) is 30.5. The highest BCUT2D eigenvalue weighted by Gasteiger charge is 2.36. The Morgan fingerprint density at radius 3 is 2.41 bits per heavy atom. The Kier molecular flexibility index (Phi) is 10.2. The van der Waals surface area contributed by atoms with Crippen LogP contribution in [0.5, 0.6) is 0 Å². The molecule has 0 spiro atoms. The van der Waals surface area contributed by atoms with Gasteiger partial charge in [0.05, 0.1) is 0 Å². The summed E-state index contributed by atoms with van der Waals surface area (Å²) in [5.41, 5.74) is 3.34. The van der Waals surface area contributed by atoms with Gasteiger partial charge in [-0.3, -0.25) is 19.3 Å². The summed E-state index contributed by atoms with van der Waals surface area (Å²) in [4.78, 5) is 46.5. The molecule has 3 aliphatic heterocycles. The van der Waals surface area contributed by atoms with Crippen molar-refractivity contribution < 1.29 is 14.4 Å². The monoisotopic (exact) mass is 619 g/mol. The predicted octanol–water partition coefficient (Wildman–Crippen LogP) is 4.32. The van der Waals surface area contributed by atoms with Crippen molar-refractivity contribution in [1.29, 1.82) is 0 Å². The lowest BCUT2D eigenvalue weighted by Crippen LogP contribution is -2.59. The fraction of sp³-hybridized carbons (Fsp3) is 0.571. The number of carbonyl (C=O) groups is 3. The van der Waals surface area contributed by atoms with Crippen LogP contribution in [0, 0.1) is 5.92 Å². The highest BCUT2D eigenvalue weighted by molar-refractivity contribution is 6.30. The first-order valence-corrected chi connectivity index (χ1v) is 17.0. The maximum absolute atomic E-state index is 14.0. The second kappa shape index (κ2) is 14.4. The third-order valence-electron chi connectivity index (χ3n) is 10.2. The number of rotatable bonds is 10. The van der Waals surface area contributed by atoms with Gasteiger partial charge >= 0.3 is 0 Å². The summed E-state index contributed by atoms with van der Waals surface area (Å²) in [6.07, 6.45) is 8.61. The maximum Gasteiger partial charge on any atom is 0.245 e. The zero-order valence-corrected chi connectivity index (χ0v) is 26.4. The molecule has 9 heteroatoms. The second-order valence-electron chi connectivity index (χ2n) is 13.1. The van der Waals surface area contributed by atoms with Crippen LogP contribution in [0.25, 0.3) is 0 Å². The van der Waals surface area contributed by atoms with Gasteiger partial charge in [-0.25, -0.2) is 0 Å². The molecule has 6 rings (SSSR count). The topological polar surface area (TPSA) is 85.0 Å². The predicted molar refractivity (Wildman–Crippen MR) is 172 cm³/mol. The van der Waals surface area contributed by atoms with Crippen molar-refractivity contribution in [2.24, 2.45) is 5.92 Å². The van der Waals surface area contributed by atoms with Crippen LogP contribution in [0.4, 0.5) is 0 Å². The van der Waals surface area contributed by atoms with Gasteiger partial charge in [-0.05, 0) is 54.0 Å². The Bertz CT molecular complexity index is 1310. The minimum absolute atomic E-state index is 0.0309. The van der Waals surface area contributed by atoms with Gasteiger partial charge in [-0.15, -0.1) is 0 Å². The summed E-state index contributed by atoms with van der Waals surface area (Å²) < 4.78 is 0. The van der Waals surface area contributed by atoms with Gasteiger partial charge in [-0.1, -0.05) is 67.3 Å². The van der Waals surface area contributed by atoms with E-state index in [9.17, 15) is 14.4 Å². The molecule has 0 radical (unpaired) electrons. The van der Waals surface area contributed by atoms with Crippen molar-refractivity contribution in [1.82, 2.24) is 25.3 Å². The number of carbonyl (C=O) groups excluding carboxylic acids is 3. The van der Waals surface area contributed by atoms with Crippen LogP contribution in [0.1, 0.15) is 74.1 Å². The zero-order valence-electron chi connectivity index (χ0n) is 25.7. The van der Waals surface area contributed by atoms with Crippen LogP contribution in [-0.4, -0.2) is 83.8 Å². The molecule has 44 heavy (non-hydrogen) atoms. The number of amides is 3. The molecule has 3 atom stereocenters. The highest BCUT2D eigenvalue weighted by atomic mass is 35.5.